The lowest BCUT2D eigenvalue weighted by atomic mass is 10.2. The van der Waals surface area contributed by atoms with Gasteiger partial charge in [0.25, 0.3) is 0 Å². The van der Waals surface area contributed by atoms with E-state index in [9.17, 15) is 9.36 Å². The zero-order chi connectivity index (χ0) is 11.5. The Morgan fingerprint density at radius 3 is 2.13 bits per heavy atom. The van der Waals surface area contributed by atoms with Gasteiger partial charge in [-0.05, 0) is 24.3 Å². The maximum Gasteiger partial charge on any atom is 0.337 e. The maximum atomic E-state index is 11.3. The number of carbonyl (C=O) groups is 1. The summed E-state index contributed by atoms with van der Waals surface area (Å²) >= 11 is 0. The summed E-state index contributed by atoms with van der Waals surface area (Å²) in [4.78, 5) is 11.1. The molecule has 0 atom stereocenters. The summed E-state index contributed by atoms with van der Waals surface area (Å²) < 4.78 is 21.1. The molecule has 0 bridgehead atoms. The van der Waals surface area contributed by atoms with Crippen LogP contribution in [-0.2, 0) is 9.30 Å². The lowest BCUT2D eigenvalue weighted by Crippen LogP contribution is -2.00. The summed E-state index contributed by atoms with van der Waals surface area (Å²) in [7, 11) is -1.23. The number of methoxy groups -OCH3 is 1. The second-order valence-electron chi connectivity index (χ2n) is 3.36. The normalized spacial score (nSPS) is 10.9. The Hall–Kier alpha value is -1.28. The lowest BCUT2D eigenvalue weighted by Gasteiger charge is -2.10. The molecular formula is C10H13O4P. The molecule has 1 aromatic rings. The van der Waals surface area contributed by atoms with E-state index in [1.807, 2.05) is 0 Å². The lowest BCUT2D eigenvalue weighted by molar-refractivity contribution is 0.0601. The van der Waals surface area contributed by atoms with Crippen LogP contribution in [0.25, 0.3) is 0 Å². The Balaban J connectivity index is 2.81. The molecule has 1 rings (SSSR count). The molecule has 82 valence electrons. The van der Waals surface area contributed by atoms with Crippen molar-refractivity contribution >= 4 is 13.3 Å². The predicted octanol–water partition coefficient (Wildman–Crippen LogP) is 2.39. The van der Waals surface area contributed by atoms with Gasteiger partial charge in [-0.1, -0.05) is 0 Å². The SMILES string of the molecule is COC(=O)c1ccc(OP(C)(C)=O)cc1. The molecule has 0 N–H and O–H groups in total. The van der Waals surface area contributed by atoms with Crippen LogP contribution in [0.1, 0.15) is 10.4 Å². The molecule has 15 heavy (non-hydrogen) atoms. The Bertz CT molecular complexity index is 390. The van der Waals surface area contributed by atoms with Crippen LogP contribution in [0, 0.1) is 0 Å². The third-order valence-electron chi connectivity index (χ3n) is 1.60. The Labute approximate surface area is 88.7 Å². The summed E-state index contributed by atoms with van der Waals surface area (Å²) in [6.07, 6.45) is 0. The smallest absolute Gasteiger partial charge is 0.337 e. The van der Waals surface area contributed by atoms with Crippen LogP contribution >= 0.6 is 7.37 Å². The molecule has 4 nitrogen and oxygen atoms in total. The van der Waals surface area contributed by atoms with Gasteiger partial charge >= 0.3 is 5.97 Å². The third-order valence-corrected chi connectivity index (χ3v) is 2.25. The first kappa shape index (κ1) is 11.8. The standard InChI is InChI=1S/C10H13O4P/c1-13-10(11)8-4-6-9(7-5-8)14-15(2,3)12/h4-7H,1-3H3. The quantitative estimate of drug-likeness (QED) is 0.588. The number of rotatable bonds is 3. The fourth-order valence-corrected chi connectivity index (χ4v) is 1.65. The second-order valence-corrected chi connectivity index (χ2v) is 6.05. The number of benzene rings is 1. The molecule has 0 fully saturated rings. The van der Waals surface area contributed by atoms with Gasteiger partial charge in [0.1, 0.15) is 5.75 Å². The largest absolute Gasteiger partial charge is 0.465 e. The molecule has 0 aliphatic heterocycles. The minimum Gasteiger partial charge on any atom is -0.465 e. The van der Waals surface area contributed by atoms with Crippen molar-refractivity contribution < 1.29 is 18.6 Å². The van der Waals surface area contributed by atoms with Gasteiger partial charge in [-0.3, -0.25) is 4.57 Å². The van der Waals surface area contributed by atoms with Gasteiger partial charge < -0.3 is 9.26 Å². The minimum absolute atomic E-state index is 0.405. The van der Waals surface area contributed by atoms with Crippen LogP contribution in [0.4, 0.5) is 0 Å². The fourth-order valence-electron chi connectivity index (χ4n) is 1.02. The van der Waals surface area contributed by atoms with Crippen molar-refractivity contribution in [3.05, 3.63) is 29.8 Å². The van der Waals surface area contributed by atoms with Gasteiger partial charge in [0, 0.05) is 13.3 Å². The van der Waals surface area contributed by atoms with E-state index in [4.69, 9.17) is 4.52 Å². The van der Waals surface area contributed by atoms with E-state index in [0.29, 0.717) is 11.3 Å². The molecular weight excluding hydrogens is 215 g/mol. The molecule has 0 amide bonds. The summed E-state index contributed by atoms with van der Waals surface area (Å²) in [6, 6.07) is 6.31. The molecule has 0 unspecified atom stereocenters. The average Bonchev–Trinajstić information content (AvgIpc) is 2.15. The van der Waals surface area contributed by atoms with E-state index >= 15 is 0 Å². The van der Waals surface area contributed by atoms with Gasteiger partial charge in [0.15, 0.2) is 0 Å². The summed E-state index contributed by atoms with van der Waals surface area (Å²) in [5.74, 6) is 0.0775. The van der Waals surface area contributed by atoms with Crippen LogP contribution in [0.5, 0.6) is 5.75 Å². The Morgan fingerprint density at radius 2 is 1.73 bits per heavy atom. The number of ether oxygens (including phenoxy) is 1. The van der Waals surface area contributed by atoms with Crippen LogP contribution in [-0.4, -0.2) is 26.4 Å². The maximum absolute atomic E-state index is 11.3. The highest BCUT2D eigenvalue weighted by molar-refractivity contribution is 7.57. The van der Waals surface area contributed by atoms with Crippen LogP contribution in [0.15, 0.2) is 24.3 Å². The molecule has 0 saturated carbocycles. The molecule has 0 heterocycles. The van der Waals surface area contributed by atoms with E-state index in [1.54, 1.807) is 24.3 Å². The monoisotopic (exact) mass is 228 g/mol. The van der Waals surface area contributed by atoms with Crippen molar-refractivity contribution in [3.63, 3.8) is 0 Å². The van der Waals surface area contributed by atoms with Crippen molar-refractivity contribution in [2.45, 2.75) is 0 Å². The zero-order valence-electron chi connectivity index (χ0n) is 8.89. The van der Waals surface area contributed by atoms with Gasteiger partial charge in [0.05, 0.1) is 12.7 Å². The molecule has 0 aliphatic carbocycles. The first-order valence-electron chi connectivity index (χ1n) is 4.35. The van der Waals surface area contributed by atoms with Gasteiger partial charge in [0.2, 0.25) is 7.37 Å². The summed E-state index contributed by atoms with van der Waals surface area (Å²) in [6.45, 7) is 3.06. The van der Waals surface area contributed by atoms with Gasteiger partial charge in [-0.2, -0.15) is 0 Å². The second kappa shape index (κ2) is 4.49. The van der Waals surface area contributed by atoms with Crippen molar-refractivity contribution in [3.8, 4) is 5.75 Å². The molecule has 5 heteroatoms. The summed E-state index contributed by atoms with van der Waals surface area (Å²) in [5.41, 5.74) is 0.437. The number of hydrogen-bond acceptors (Lipinski definition) is 4. The van der Waals surface area contributed by atoms with E-state index in [-0.39, 0.29) is 0 Å². The molecule has 0 aliphatic rings. The van der Waals surface area contributed by atoms with Crippen molar-refractivity contribution in [1.82, 2.24) is 0 Å². The highest BCUT2D eigenvalue weighted by Gasteiger charge is 2.10. The van der Waals surface area contributed by atoms with Gasteiger partial charge in [-0.25, -0.2) is 4.79 Å². The van der Waals surface area contributed by atoms with E-state index < -0.39 is 13.3 Å². The number of esters is 1. The molecule has 1 aromatic carbocycles. The van der Waals surface area contributed by atoms with Gasteiger partial charge in [-0.15, -0.1) is 0 Å². The van der Waals surface area contributed by atoms with E-state index in [1.165, 1.54) is 20.4 Å². The van der Waals surface area contributed by atoms with E-state index in [0.717, 1.165) is 0 Å². The van der Waals surface area contributed by atoms with Crippen LogP contribution < -0.4 is 4.52 Å². The molecule has 0 saturated heterocycles. The predicted molar refractivity (Wildman–Crippen MR) is 57.9 cm³/mol. The van der Waals surface area contributed by atoms with Crippen molar-refractivity contribution in [1.29, 1.82) is 0 Å². The fraction of sp³-hybridized carbons (Fsp3) is 0.300. The highest BCUT2D eigenvalue weighted by atomic mass is 31.2. The van der Waals surface area contributed by atoms with Crippen LogP contribution in [0.2, 0.25) is 0 Å². The average molecular weight is 228 g/mol. The topological polar surface area (TPSA) is 52.6 Å². The Morgan fingerprint density at radius 1 is 1.20 bits per heavy atom. The number of hydrogen-bond donors (Lipinski definition) is 0. The van der Waals surface area contributed by atoms with Crippen LogP contribution in [0.3, 0.4) is 0 Å². The first-order valence-corrected chi connectivity index (χ1v) is 6.87. The van der Waals surface area contributed by atoms with Crippen molar-refractivity contribution in [2.75, 3.05) is 20.4 Å². The number of carbonyl (C=O) groups excluding carboxylic acids is 1. The summed E-state index contributed by atoms with van der Waals surface area (Å²) in [5, 5.41) is 0. The minimum atomic E-state index is -2.55. The van der Waals surface area contributed by atoms with E-state index in [2.05, 4.69) is 4.74 Å². The Kier molecular flexibility index (Phi) is 3.53. The first-order chi connectivity index (χ1) is 6.92. The zero-order valence-corrected chi connectivity index (χ0v) is 9.78. The molecule has 0 radical (unpaired) electrons. The molecule has 0 spiro atoms. The third kappa shape index (κ3) is 3.76. The molecule has 0 aromatic heterocycles. The van der Waals surface area contributed by atoms with Crippen molar-refractivity contribution in [2.24, 2.45) is 0 Å². The highest BCUT2D eigenvalue weighted by Crippen LogP contribution is 2.38.